The van der Waals surface area contributed by atoms with Gasteiger partial charge in [-0.2, -0.15) is 5.26 Å². The van der Waals surface area contributed by atoms with Crippen LogP contribution in [0.15, 0.2) is 6.07 Å². The fourth-order valence-corrected chi connectivity index (χ4v) is 1.66. The van der Waals surface area contributed by atoms with Gasteiger partial charge in [0.05, 0.1) is 18.2 Å². The first kappa shape index (κ1) is 13.0. The molecule has 4 nitrogen and oxygen atoms in total. The number of hydrogen-bond acceptors (Lipinski definition) is 4. The number of benzene rings is 1. The Morgan fingerprint density at radius 3 is 2.65 bits per heavy atom. The van der Waals surface area contributed by atoms with Gasteiger partial charge < -0.3 is 9.84 Å². The van der Waals surface area contributed by atoms with E-state index >= 15 is 0 Å². The third kappa shape index (κ3) is 2.39. The quantitative estimate of drug-likeness (QED) is 0.813. The predicted octanol–water partition coefficient (Wildman–Crippen LogP) is 2.31. The van der Waals surface area contributed by atoms with E-state index in [0.717, 1.165) is 0 Å². The lowest BCUT2D eigenvalue weighted by atomic mass is 9.96. The van der Waals surface area contributed by atoms with Crippen molar-refractivity contribution in [2.24, 2.45) is 0 Å². The van der Waals surface area contributed by atoms with Crippen LogP contribution >= 0.6 is 0 Å². The molecule has 0 saturated carbocycles. The first-order valence-corrected chi connectivity index (χ1v) is 5.49. The number of phenolic OH excluding ortho intramolecular Hbond substituents is 1. The molecule has 1 rings (SSSR count). The predicted molar refractivity (Wildman–Crippen MR) is 62.9 cm³/mol. The van der Waals surface area contributed by atoms with E-state index in [2.05, 4.69) is 0 Å². The maximum absolute atomic E-state index is 11.7. The Kier molecular flexibility index (Phi) is 4.11. The summed E-state index contributed by atoms with van der Waals surface area (Å²) in [5.41, 5.74) is 1.53. The van der Waals surface area contributed by atoms with Crippen LogP contribution in [0.1, 0.15) is 40.9 Å². The minimum absolute atomic E-state index is 0.0811. The fraction of sp³-hybridized carbons (Fsp3) is 0.385. The summed E-state index contributed by atoms with van der Waals surface area (Å²) >= 11 is 0. The maximum atomic E-state index is 11.7. The molecule has 0 amide bonds. The molecule has 90 valence electrons. The lowest BCUT2D eigenvalue weighted by Gasteiger charge is -2.12. The van der Waals surface area contributed by atoms with Gasteiger partial charge in [-0.3, -0.25) is 0 Å². The highest BCUT2D eigenvalue weighted by Crippen LogP contribution is 2.29. The molecule has 0 aliphatic carbocycles. The zero-order valence-corrected chi connectivity index (χ0v) is 10.2. The number of esters is 1. The highest BCUT2D eigenvalue weighted by Gasteiger charge is 2.21. The first-order chi connectivity index (χ1) is 8.06. The lowest BCUT2D eigenvalue weighted by Crippen LogP contribution is -2.09. The van der Waals surface area contributed by atoms with Crippen molar-refractivity contribution in [1.82, 2.24) is 0 Å². The van der Waals surface area contributed by atoms with Gasteiger partial charge in [0.2, 0.25) is 0 Å². The summed E-state index contributed by atoms with van der Waals surface area (Å²) in [4.78, 5) is 11.7. The molecule has 17 heavy (non-hydrogen) atoms. The highest BCUT2D eigenvalue weighted by atomic mass is 16.5. The highest BCUT2D eigenvalue weighted by molar-refractivity contribution is 5.95. The van der Waals surface area contributed by atoms with Crippen LogP contribution < -0.4 is 0 Å². The number of phenols is 1. The van der Waals surface area contributed by atoms with E-state index in [1.54, 1.807) is 19.9 Å². The standard InChI is InChI=1S/C13H15NO3/c1-4-9-6-10(7-14)8(3)11(12(9)15)13(16)17-5-2/h6,15H,4-5H2,1-3H3. The maximum Gasteiger partial charge on any atom is 0.342 e. The molecule has 1 aromatic rings. The number of rotatable bonds is 3. The minimum Gasteiger partial charge on any atom is -0.507 e. The number of ether oxygens (including phenoxy) is 1. The largest absolute Gasteiger partial charge is 0.507 e. The number of aryl methyl sites for hydroxylation is 1. The third-order valence-electron chi connectivity index (χ3n) is 2.62. The topological polar surface area (TPSA) is 70.3 Å². The van der Waals surface area contributed by atoms with Gasteiger partial charge in [-0.1, -0.05) is 6.92 Å². The zero-order chi connectivity index (χ0) is 13.0. The monoisotopic (exact) mass is 233 g/mol. The molecule has 1 aromatic carbocycles. The molecular formula is C13H15NO3. The smallest absolute Gasteiger partial charge is 0.342 e. The molecular weight excluding hydrogens is 218 g/mol. The summed E-state index contributed by atoms with van der Waals surface area (Å²) in [7, 11) is 0. The minimum atomic E-state index is -0.589. The van der Waals surface area contributed by atoms with E-state index in [0.29, 0.717) is 23.1 Å². The van der Waals surface area contributed by atoms with E-state index in [-0.39, 0.29) is 17.9 Å². The van der Waals surface area contributed by atoms with Crippen molar-refractivity contribution >= 4 is 5.97 Å². The summed E-state index contributed by atoms with van der Waals surface area (Å²) in [5.74, 6) is -0.670. The van der Waals surface area contributed by atoms with Gasteiger partial charge in [0.1, 0.15) is 11.3 Å². The van der Waals surface area contributed by atoms with Gasteiger partial charge in [-0.15, -0.1) is 0 Å². The van der Waals surface area contributed by atoms with Crippen molar-refractivity contribution in [2.75, 3.05) is 6.61 Å². The molecule has 4 heteroatoms. The van der Waals surface area contributed by atoms with Crippen LogP contribution in [0.2, 0.25) is 0 Å². The van der Waals surface area contributed by atoms with Gasteiger partial charge in [0.25, 0.3) is 0 Å². The Morgan fingerprint density at radius 2 is 2.18 bits per heavy atom. The Balaban J connectivity index is 3.46. The molecule has 0 heterocycles. The van der Waals surface area contributed by atoms with E-state index in [4.69, 9.17) is 10.00 Å². The Labute approximate surface area is 100 Å². The molecule has 0 aliphatic heterocycles. The van der Waals surface area contributed by atoms with Gasteiger partial charge in [-0.05, 0) is 37.5 Å². The normalized spacial score (nSPS) is 9.76. The second-order valence-electron chi connectivity index (χ2n) is 3.62. The van der Waals surface area contributed by atoms with E-state index < -0.39 is 5.97 Å². The number of carbonyl (C=O) groups excluding carboxylic acids is 1. The number of nitriles is 1. The molecule has 0 bridgehead atoms. The van der Waals surface area contributed by atoms with E-state index in [1.165, 1.54) is 0 Å². The zero-order valence-electron chi connectivity index (χ0n) is 10.2. The van der Waals surface area contributed by atoms with Crippen molar-refractivity contribution in [3.05, 3.63) is 28.3 Å². The van der Waals surface area contributed by atoms with Crippen LogP contribution in [0, 0.1) is 18.3 Å². The van der Waals surface area contributed by atoms with Crippen LogP contribution in [-0.2, 0) is 11.2 Å². The molecule has 0 fully saturated rings. The number of nitrogens with zero attached hydrogens (tertiary/aromatic N) is 1. The Morgan fingerprint density at radius 1 is 1.53 bits per heavy atom. The van der Waals surface area contributed by atoms with Gasteiger partial charge in [-0.25, -0.2) is 4.79 Å². The number of carbonyl (C=O) groups is 1. The van der Waals surface area contributed by atoms with Crippen LogP contribution in [-0.4, -0.2) is 17.7 Å². The average molecular weight is 233 g/mol. The van der Waals surface area contributed by atoms with Crippen molar-refractivity contribution in [2.45, 2.75) is 27.2 Å². The third-order valence-corrected chi connectivity index (χ3v) is 2.62. The van der Waals surface area contributed by atoms with Gasteiger partial charge in [0.15, 0.2) is 0 Å². The van der Waals surface area contributed by atoms with Gasteiger partial charge in [0, 0.05) is 0 Å². The second-order valence-corrected chi connectivity index (χ2v) is 3.62. The molecule has 0 atom stereocenters. The number of aromatic hydroxyl groups is 1. The molecule has 0 saturated heterocycles. The summed E-state index contributed by atoms with van der Waals surface area (Å²) in [6.45, 7) is 5.40. The molecule has 0 spiro atoms. The first-order valence-electron chi connectivity index (χ1n) is 5.49. The van der Waals surface area contributed by atoms with Crippen molar-refractivity contribution in [3.8, 4) is 11.8 Å². The van der Waals surface area contributed by atoms with Crippen molar-refractivity contribution in [3.63, 3.8) is 0 Å². The van der Waals surface area contributed by atoms with Crippen LogP contribution in [0.3, 0.4) is 0 Å². The van der Waals surface area contributed by atoms with E-state index in [9.17, 15) is 9.90 Å². The fourth-order valence-electron chi connectivity index (χ4n) is 1.66. The van der Waals surface area contributed by atoms with Crippen LogP contribution in [0.25, 0.3) is 0 Å². The van der Waals surface area contributed by atoms with Gasteiger partial charge >= 0.3 is 5.97 Å². The number of hydrogen-bond donors (Lipinski definition) is 1. The molecule has 0 radical (unpaired) electrons. The van der Waals surface area contributed by atoms with E-state index in [1.807, 2.05) is 13.0 Å². The molecule has 0 aromatic heterocycles. The summed E-state index contributed by atoms with van der Waals surface area (Å²) in [5, 5.41) is 19.0. The molecule has 1 N–H and O–H groups in total. The SMILES string of the molecule is CCOC(=O)c1c(C)c(C#N)cc(CC)c1O. The summed E-state index contributed by atoms with van der Waals surface area (Å²) < 4.78 is 4.88. The van der Waals surface area contributed by atoms with Crippen LogP contribution in [0.4, 0.5) is 0 Å². The molecule has 0 aliphatic rings. The molecule has 0 unspecified atom stereocenters. The summed E-state index contributed by atoms with van der Waals surface area (Å²) in [6, 6.07) is 3.62. The summed E-state index contributed by atoms with van der Waals surface area (Å²) in [6.07, 6.45) is 0.549. The van der Waals surface area contributed by atoms with Crippen LogP contribution in [0.5, 0.6) is 5.75 Å². The lowest BCUT2D eigenvalue weighted by molar-refractivity contribution is 0.0522. The van der Waals surface area contributed by atoms with Crippen molar-refractivity contribution in [1.29, 1.82) is 5.26 Å². The Hall–Kier alpha value is -2.02. The Bertz CT molecular complexity index is 486. The average Bonchev–Trinajstić information content (AvgIpc) is 2.30. The second kappa shape index (κ2) is 5.35. The van der Waals surface area contributed by atoms with Crippen molar-refractivity contribution < 1.29 is 14.6 Å².